The normalized spacial score (nSPS) is 15.5. The maximum absolute atomic E-state index is 13.4. The number of aryl methyl sites for hydroxylation is 1. The van der Waals surface area contributed by atoms with Gasteiger partial charge in [-0.25, -0.2) is 14.6 Å². The second-order valence-electron chi connectivity index (χ2n) is 9.21. The summed E-state index contributed by atoms with van der Waals surface area (Å²) in [6.07, 6.45) is 4.32. The molecular formula is C25H29ClN8O3. The SMILES string of the molecule is C=CC(=O)N1CCC[C@@H](n2nc(C(=O)Nc3cc(C)c(CC(=O)N(C)C)cc3Cl)c3c(N)ncnc32)C1. The van der Waals surface area contributed by atoms with Gasteiger partial charge >= 0.3 is 0 Å². The highest BCUT2D eigenvalue weighted by Crippen LogP contribution is 2.31. The molecule has 0 spiro atoms. The largest absolute Gasteiger partial charge is 0.383 e. The van der Waals surface area contributed by atoms with Crippen LogP contribution in [0.25, 0.3) is 11.0 Å². The minimum absolute atomic E-state index is 0.0560. The summed E-state index contributed by atoms with van der Waals surface area (Å²) >= 11 is 6.47. The molecule has 3 heterocycles. The molecule has 0 bridgehead atoms. The van der Waals surface area contributed by atoms with E-state index >= 15 is 0 Å². The number of hydrogen-bond acceptors (Lipinski definition) is 7. The highest BCUT2D eigenvalue weighted by molar-refractivity contribution is 6.34. The van der Waals surface area contributed by atoms with Gasteiger partial charge in [-0.15, -0.1) is 0 Å². The third-order valence-corrected chi connectivity index (χ3v) is 6.79. The van der Waals surface area contributed by atoms with Gasteiger partial charge in [-0.05, 0) is 49.1 Å². The van der Waals surface area contributed by atoms with Crippen LogP contribution < -0.4 is 11.1 Å². The molecule has 0 aliphatic carbocycles. The third kappa shape index (κ3) is 5.26. The number of benzene rings is 1. The lowest BCUT2D eigenvalue weighted by atomic mass is 10.0. The van der Waals surface area contributed by atoms with E-state index in [1.165, 1.54) is 17.3 Å². The number of anilines is 2. The molecule has 0 radical (unpaired) electrons. The Bertz CT molecular complexity index is 1400. The molecule has 1 atom stereocenters. The van der Waals surface area contributed by atoms with Gasteiger partial charge in [0.25, 0.3) is 5.91 Å². The number of nitrogen functional groups attached to an aromatic ring is 1. The zero-order valence-corrected chi connectivity index (χ0v) is 21.7. The number of carbonyl (C=O) groups excluding carboxylic acids is 3. The summed E-state index contributed by atoms with van der Waals surface area (Å²) in [6, 6.07) is 3.20. The predicted octanol–water partition coefficient (Wildman–Crippen LogP) is 2.60. The highest BCUT2D eigenvalue weighted by Gasteiger charge is 2.29. The third-order valence-electron chi connectivity index (χ3n) is 6.48. The zero-order chi connectivity index (χ0) is 26.9. The predicted molar refractivity (Wildman–Crippen MR) is 141 cm³/mol. The number of halogens is 1. The fraction of sp³-hybridized carbons (Fsp3) is 0.360. The monoisotopic (exact) mass is 524 g/mol. The van der Waals surface area contributed by atoms with Crippen LogP contribution >= 0.6 is 11.6 Å². The van der Waals surface area contributed by atoms with E-state index in [1.807, 2.05) is 6.92 Å². The van der Waals surface area contributed by atoms with Crippen LogP contribution in [-0.2, 0) is 16.0 Å². The first-order valence-electron chi connectivity index (χ1n) is 11.8. The van der Waals surface area contributed by atoms with E-state index in [4.69, 9.17) is 17.3 Å². The molecule has 1 aromatic carbocycles. The van der Waals surface area contributed by atoms with Crippen molar-refractivity contribution in [2.45, 2.75) is 32.2 Å². The van der Waals surface area contributed by atoms with E-state index in [0.29, 0.717) is 34.8 Å². The smallest absolute Gasteiger partial charge is 0.277 e. The van der Waals surface area contributed by atoms with Crippen molar-refractivity contribution in [1.29, 1.82) is 0 Å². The first kappa shape index (κ1) is 26.1. The topological polar surface area (TPSA) is 139 Å². The molecule has 1 saturated heterocycles. The molecule has 1 fully saturated rings. The molecule has 12 heteroatoms. The fourth-order valence-corrected chi connectivity index (χ4v) is 4.64. The zero-order valence-electron chi connectivity index (χ0n) is 21.0. The van der Waals surface area contributed by atoms with Crippen LogP contribution in [0.15, 0.2) is 31.1 Å². The van der Waals surface area contributed by atoms with Gasteiger partial charge < -0.3 is 20.9 Å². The molecule has 194 valence electrons. The molecule has 1 aliphatic rings. The molecule has 0 saturated carbocycles. The summed E-state index contributed by atoms with van der Waals surface area (Å²) in [7, 11) is 3.38. The second-order valence-corrected chi connectivity index (χ2v) is 9.62. The van der Waals surface area contributed by atoms with Crippen LogP contribution in [0.4, 0.5) is 11.5 Å². The number of fused-ring (bicyclic) bond motifs is 1. The average molecular weight is 525 g/mol. The Morgan fingerprint density at radius 2 is 2.05 bits per heavy atom. The Kier molecular flexibility index (Phi) is 7.44. The molecule has 3 amide bonds. The maximum atomic E-state index is 13.4. The number of likely N-dealkylation sites (N-methyl/N-ethyl adjacent to an activating group) is 1. The van der Waals surface area contributed by atoms with Gasteiger partial charge in [0.2, 0.25) is 11.8 Å². The fourth-order valence-electron chi connectivity index (χ4n) is 4.40. The summed E-state index contributed by atoms with van der Waals surface area (Å²) < 4.78 is 1.65. The number of likely N-dealkylation sites (tertiary alicyclic amines) is 1. The Morgan fingerprint density at radius 1 is 1.30 bits per heavy atom. The van der Waals surface area contributed by atoms with Crippen molar-refractivity contribution in [2.24, 2.45) is 0 Å². The molecule has 1 aliphatic heterocycles. The van der Waals surface area contributed by atoms with Crippen LogP contribution in [0.1, 0.15) is 40.5 Å². The van der Waals surface area contributed by atoms with E-state index in [1.54, 1.807) is 35.8 Å². The van der Waals surface area contributed by atoms with E-state index in [0.717, 1.165) is 24.0 Å². The number of carbonyl (C=O) groups is 3. The summed E-state index contributed by atoms with van der Waals surface area (Å²) in [5.74, 6) is -0.622. The lowest BCUT2D eigenvalue weighted by Gasteiger charge is -2.32. The summed E-state index contributed by atoms with van der Waals surface area (Å²) in [5, 5.41) is 8.01. The molecule has 37 heavy (non-hydrogen) atoms. The van der Waals surface area contributed by atoms with E-state index in [-0.39, 0.29) is 35.8 Å². The molecule has 2 aromatic heterocycles. The first-order valence-corrected chi connectivity index (χ1v) is 12.2. The lowest BCUT2D eigenvalue weighted by molar-refractivity contribution is -0.128. The van der Waals surface area contributed by atoms with Gasteiger partial charge in [-0.2, -0.15) is 5.10 Å². The molecule has 3 N–H and O–H groups in total. The number of rotatable bonds is 6. The number of nitrogens with two attached hydrogens (primary N) is 1. The van der Waals surface area contributed by atoms with Crippen LogP contribution in [0.5, 0.6) is 0 Å². The van der Waals surface area contributed by atoms with Crippen molar-refractivity contribution in [3.05, 3.63) is 53.0 Å². The van der Waals surface area contributed by atoms with Gasteiger partial charge in [0.1, 0.15) is 12.1 Å². The van der Waals surface area contributed by atoms with Crippen molar-refractivity contribution >= 4 is 51.9 Å². The number of piperidine rings is 1. The van der Waals surface area contributed by atoms with Crippen LogP contribution in [0.3, 0.4) is 0 Å². The number of hydrogen-bond donors (Lipinski definition) is 2. The number of nitrogens with zero attached hydrogens (tertiary/aromatic N) is 6. The minimum atomic E-state index is -0.529. The Balaban J connectivity index is 1.66. The molecule has 0 unspecified atom stereocenters. The Hall–Kier alpha value is -3.99. The van der Waals surface area contributed by atoms with Gasteiger partial charge in [-0.3, -0.25) is 14.4 Å². The van der Waals surface area contributed by atoms with E-state index < -0.39 is 5.91 Å². The first-order chi connectivity index (χ1) is 17.6. The van der Waals surface area contributed by atoms with Gasteiger partial charge in [-0.1, -0.05) is 18.2 Å². The summed E-state index contributed by atoms with van der Waals surface area (Å²) in [5.41, 5.74) is 8.57. The Morgan fingerprint density at radius 3 is 2.76 bits per heavy atom. The number of aromatic nitrogens is 4. The minimum Gasteiger partial charge on any atom is -0.383 e. The number of amides is 3. The Labute approximate surface area is 219 Å². The van der Waals surface area contributed by atoms with E-state index in [2.05, 4.69) is 27.0 Å². The average Bonchev–Trinajstić information content (AvgIpc) is 3.27. The molecule has 4 rings (SSSR count). The summed E-state index contributed by atoms with van der Waals surface area (Å²) in [4.78, 5) is 49.3. The molecule has 3 aromatic rings. The summed E-state index contributed by atoms with van der Waals surface area (Å²) in [6.45, 7) is 6.45. The van der Waals surface area contributed by atoms with Crippen LogP contribution in [0.2, 0.25) is 5.02 Å². The van der Waals surface area contributed by atoms with Crippen molar-refractivity contribution in [3.8, 4) is 0 Å². The van der Waals surface area contributed by atoms with Crippen molar-refractivity contribution in [1.82, 2.24) is 29.5 Å². The maximum Gasteiger partial charge on any atom is 0.277 e. The van der Waals surface area contributed by atoms with Crippen LogP contribution in [-0.4, -0.2) is 74.5 Å². The van der Waals surface area contributed by atoms with Gasteiger partial charge in [0.15, 0.2) is 11.3 Å². The van der Waals surface area contributed by atoms with Crippen molar-refractivity contribution < 1.29 is 14.4 Å². The van der Waals surface area contributed by atoms with E-state index in [9.17, 15) is 14.4 Å². The van der Waals surface area contributed by atoms with Gasteiger partial charge in [0.05, 0.1) is 28.6 Å². The van der Waals surface area contributed by atoms with Crippen molar-refractivity contribution in [2.75, 3.05) is 38.2 Å². The molecule has 11 nitrogen and oxygen atoms in total. The van der Waals surface area contributed by atoms with Crippen molar-refractivity contribution in [3.63, 3.8) is 0 Å². The highest BCUT2D eigenvalue weighted by atomic mass is 35.5. The quantitative estimate of drug-likeness (QED) is 0.472. The standard InChI is InChI=1S/C25H29ClN8O3/c1-5-19(35)33-8-6-7-16(12-33)34-24-21(23(27)28-13-29-24)22(31-34)25(37)30-18-9-14(2)15(10-17(18)26)11-20(36)32(3)4/h5,9-10,13,16H,1,6-8,11-12H2,2-4H3,(H,30,37)(H2,27,28,29)/t16-/m1/s1. The van der Waals surface area contributed by atoms with Gasteiger partial charge in [0, 0.05) is 27.2 Å². The lowest BCUT2D eigenvalue weighted by Crippen LogP contribution is -2.40. The molecular weight excluding hydrogens is 496 g/mol. The van der Waals surface area contributed by atoms with Crippen LogP contribution in [0, 0.1) is 6.92 Å². The second kappa shape index (κ2) is 10.6. The number of nitrogens with one attached hydrogen (secondary N) is 1.